The molecule has 0 heterocycles. The first kappa shape index (κ1) is 14.5. The lowest BCUT2D eigenvalue weighted by Crippen LogP contribution is -2.34. The predicted octanol–water partition coefficient (Wildman–Crippen LogP) is 3.16. The average Bonchev–Trinajstić information content (AvgIpc) is 2.46. The molecule has 0 aliphatic heterocycles. The van der Waals surface area contributed by atoms with Crippen LogP contribution in [0, 0.1) is 0 Å². The molecule has 0 bridgehead atoms. The van der Waals surface area contributed by atoms with E-state index in [1.165, 1.54) is 25.7 Å². The summed E-state index contributed by atoms with van der Waals surface area (Å²) in [6.07, 6.45) is 7.41. The molecule has 2 unspecified atom stereocenters. The largest absolute Gasteiger partial charge is 0.504 e. The van der Waals surface area contributed by atoms with Crippen LogP contribution in [0.5, 0.6) is 11.5 Å². The fourth-order valence-electron chi connectivity index (χ4n) is 2.64. The van der Waals surface area contributed by atoms with E-state index in [1.807, 2.05) is 23.9 Å². The minimum atomic E-state index is 0.200. The molecule has 0 radical (unpaired) electrons. The van der Waals surface area contributed by atoms with Crippen LogP contribution in [0.25, 0.3) is 0 Å². The zero-order valence-corrected chi connectivity index (χ0v) is 12.5. The molecule has 2 rings (SSSR count). The van der Waals surface area contributed by atoms with Gasteiger partial charge in [-0.3, -0.25) is 0 Å². The van der Waals surface area contributed by atoms with Crippen LogP contribution >= 0.6 is 11.8 Å². The highest BCUT2D eigenvalue weighted by molar-refractivity contribution is 7.99. The van der Waals surface area contributed by atoms with E-state index in [1.54, 1.807) is 13.2 Å². The van der Waals surface area contributed by atoms with Gasteiger partial charge in [-0.05, 0) is 43.2 Å². The normalized spacial score (nSPS) is 23.3. The van der Waals surface area contributed by atoms with Gasteiger partial charge in [0.2, 0.25) is 0 Å². The molecule has 0 amide bonds. The van der Waals surface area contributed by atoms with Crippen molar-refractivity contribution in [3.05, 3.63) is 23.8 Å². The van der Waals surface area contributed by atoms with Crippen molar-refractivity contribution in [2.24, 2.45) is 0 Å². The van der Waals surface area contributed by atoms with Crippen LogP contribution in [0.15, 0.2) is 18.2 Å². The summed E-state index contributed by atoms with van der Waals surface area (Å²) in [4.78, 5) is 0. The van der Waals surface area contributed by atoms with E-state index in [4.69, 9.17) is 4.74 Å². The highest BCUT2D eigenvalue weighted by Gasteiger charge is 2.20. The van der Waals surface area contributed by atoms with Gasteiger partial charge in [0.1, 0.15) is 0 Å². The number of rotatable bonds is 5. The van der Waals surface area contributed by atoms with Gasteiger partial charge < -0.3 is 15.2 Å². The fourth-order valence-corrected chi connectivity index (χ4v) is 3.47. The quantitative estimate of drug-likeness (QED) is 0.870. The monoisotopic (exact) mass is 281 g/mol. The highest BCUT2D eigenvalue weighted by atomic mass is 32.2. The van der Waals surface area contributed by atoms with Gasteiger partial charge in [0.25, 0.3) is 0 Å². The van der Waals surface area contributed by atoms with Crippen LogP contribution in [0.1, 0.15) is 31.2 Å². The number of methoxy groups -OCH3 is 1. The standard InChI is InChI=1S/C15H23NO2S/c1-18-15-8-11(6-7-14(15)17)10-16-12-4-3-5-13(9-12)19-2/h6-8,12-13,16-17H,3-5,9-10H2,1-2H3. The zero-order chi connectivity index (χ0) is 13.7. The second-order valence-corrected chi connectivity index (χ2v) is 6.25. The Kier molecular flexibility index (Phi) is 5.40. The van der Waals surface area contributed by atoms with E-state index >= 15 is 0 Å². The molecule has 106 valence electrons. The molecule has 0 spiro atoms. The number of thioether (sulfide) groups is 1. The van der Waals surface area contributed by atoms with Crippen molar-refractivity contribution >= 4 is 11.8 Å². The lowest BCUT2D eigenvalue weighted by Gasteiger charge is -2.28. The molecule has 1 aliphatic rings. The van der Waals surface area contributed by atoms with Crippen molar-refractivity contribution in [3.63, 3.8) is 0 Å². The third kappa shape index (κ3) is 4.05. The molecule has 4 heteroatoms. The third-order valence-electron chi connectivity index (χ3n) is 3.80. The number of benzene rings is 1. The van der Waals surface area contributed by atoms with Crippen molar-refractivity contribution in [1.29, 1.82) is 0 Å². The van der Waals surface area contributed by atoms with Gasteiger partial charge in [-0.1, -0.05) is 12.5 Å². The van der Waals surface area contributed by atoms with E-state index in [0.29, 0.717) is 11.8 Å². The van der Waals surface area contributed by atoms with Gasteiger partial charge in [-0.25, -0.2) is 0 Å². The van der Waals surface area contributed by atoms with Crippen molar-refractivity contribution < 1.29 is 9.84 Å². The molecule has 1 aromatic rings. The zero-order valence-electron chi connectivity index (χ0n) is 11.7. The molecule has 1 aliphatic carbocycles. The molecule has 19 heavy (non-hydrogen) atoms. The number of aromatic hydroxyl groups is 1. The highest BCUT2D eigenvalue weighted by Crippen LogP contribution is 2.28. The average molecular weight is 281 g/mol. The van der Waals surface area contributed by atoms with Crippen molar-refractivity contribution in [1.82, 2.24) is 5.32 Å². The molecule has 2 N–H and O–H groups in total. The Morgan fingerprint density at radius 1 is 1.42 bits per heavy atom. The molecule has 3 nitrogen and oxygen atoms in total. The van der Waals surface area contributed by atoms with Crippen LogP contribution in [0.2, 0.25) is 0 Å². The Morgan fingerprint density at radius 2 is 2.26 bits per heavy atom. The maximum absolute atomic E-state index is 9.57. The molecule has 1 aromatic carbocycles. The van der Waals surface area contributed by atoms with Crippen molar-refractivity contribution in [2.45, 2.75) is 43.5 Å². The second-order valence-electron chi connectivity index (χ2n) is 5.11. The summed E-state index contributed by atoms with van der Waals surface area (Å²) >= 11 is 1.99. The molecule has 2 atom stereocenters. The molecule has 1 fully saturated rings. The van der Waals surface area contributed by atoms with Gasteiger partial charge in [-0.15, -0.1) is 0 Å². The van der Waals surface area contributed by atoms with E-state index in [2.05, 4.69) is 11.6 Å². The Labute approximate surface area is 119 Å². The smallest absolute Gasteiger partial charge is 0.160 e. The van der Waals surface area contributed by atoms with Gasteiger partial charge in [0, 0.05) is 17.8 Å². The van der Waals surface area contributed by atoms with E-state index in [-0.39, 0.29) is 5.75 Å². The lowest BCUT2D eigenvalue weighted by molar-refractivity contribution is 0.369. The summed E-state index contributed by atoms with van der Waals surface area (Å²) in [6.45, 7) is 0.836. The number of phenols is 1. The van der Waals surface area contributed by atoms with Gasteiger partial charge in [0.15, 0.2) is 11.5 Å². The Hall–Kier alpha value is -0.870. The summed E-state index contributed by atoms with van der Waals surface area (Å²) in [6, 6.07) is 6.16. The first-order chi connectivity index (χ1) is 9.22. The van der Waals surface area contributed by atoms with E-state index < -0.39 is 0 Å². The van der Waals surface area contributed by atoms with Gasteiger partial charge >= 0.3 is 0 Å². The maximum Gasteiger partial charge on any atom is 0.160 e. The summed E-state index contributed by atoms with van der Waals surface area (Å²) in [5.41, 5.74) is 1.15. The van der Waals surface area contributed by atoms with E-state index in [9.17, 15) is 5.11 Å². The number of phenolic OH excluding ortho intramolecular Hbond substituents is 1. The van der Waals surface area contributed by atoms with Crippen LogP contribution < -0.4 is 10.1 Å². The SMILES string of the molecule is COc1cc(CNC2CCCC(SC)C2)ccc1O. The van der Waals surface area contributed by atoms with Crippen molar-refractivity contribution in [3.8, 4) is 11.5 Å². The fraction of sp³-hybridized carbons (Fsp3) is 0.600. The Balaban J connectivity index is 1.88. The maximum atomic E-state index is 9.57. The molecule has 1 saturated carbocycles. The molecular weight excluding hydrogens is 258 g/mol. The first-order valence-corrected chi connectivity index (χ1v) is 8.13. The Morgan fingerprint density at radius 3 is 3.00 bits per heavy atom. The molecular formula is C15H23NO2S. The van der Waals surface area contributed by atoms with Crippen LogP contribution in [0.3, 0.4) is 0 Å². The minimum Gasteiger partial charge on any atom is -0.504 e. The van der Waals surface area contributed by atoms with Gasteiger partial charge in [-0.2, -0.15) is 11.8 Å². The first-order valence-electron chi connectivity index (χ1n) is 6.85. The number of hydrogen-bond donors (Lipinski definition) is 2. The van der Waals surface area contributed by atoms with Crippen LogP contribution in [-0.2, 0) is 6.54 Å². The summed E-state index contributed by atoms with van der Waals surface area (Å²) in [5.74, 6) is 0.747. The minimum absolute atomic E-state index is 0.200. The third-order valence-corrected chi connectivity index (χ3v) is 4.89. The number of hydrogen-bond acceptors (Lipinski definition) is 4. The second kappa shape index (κ2) is 7.06. The van der Waals surface area contributed by atoms with Crippen molar-refractivity contribution in [2.75, 3.05) is 13.4 Å². The lowest BCUT2D eigenvalue weighted by atomic mass is 9.95. The Bertz CT molecular complexity index is 411. The molecule has 0 saturated heterocycles. The summed E-state index contributed by atoms with van der Waals surface area (Å²) in [5, 5.41) is 14.0. The van der Waals surface area contributed by atoms with Crippen LogP contribution in [-0.4, -0.2) is 29.8 Å². The predicted molar refractivity (Wildman–Crippen MR) is 81.1 cm³/mol. The van der Waals surface area contributed by atoms with Crippen LogP contribution in [0.4, 0.5) is 0 Å². The van der Waals surface area contributed by atoms with Gasteiger partial charge in [0.05, 0.1) is 7.11 Å². The number of ether oxygens (including phenoxy) is 1. The van der Waals surface area contributed by atoms with E-state index in [0.717, 1.165) is 17.4 Å². The number of nitrogens with one attached hydrogen (secondary N) is 1. The summed E-state index contributed by atoms with van der Waals surface area (Å²) < 4.78 is 5.13. The molecule has 0 aromatic heterocycles. The topological polar surface area (TPSA) is 41.5 Å². The summed E-state index contributed by atoms with van der Waals surface area (Å²) in [7, 11) is 1.58.